The summed E-state index contributed by atoms with van der Waals surface area (Å²) in [6.45, 7) is 6.67. The predicted octanol–water partition coefficient (Wildman–Crippen LogP) is 5.52. The third-order valence-corrected chi connectivity index (χ3v) is 4.67. The van der Waals surface area contributed by atoms with E-state index in [-0.39, 0.29) is 11.0 Å². The van der Waals surface area contributed by atoms with Crippen molar-refractivity contribution in [1.29, 1.82) is 0 Å². The average molecular weight is 302 g/mol. The molecule has 1 heterocycles. The van der Waals surface area contributed by atoms with Gasteiger partial charge in [-0.15, -0.1) is 0 Å². The Balaban J connectivity index is 2.36. The fraction of sp³-hybridized carbons (Fsp3) is 0.667. The first-order chi connectivity index (χ1) is 8.86. The molecule has 2 rings (SSSR count). The molecule has 4 heteroatoms. The van der Waals surface area contributed by atoms with Gasteiger partial charge < -0.3 is 4.74 Å². The third kappa shape index (κ3) is 3.00. The van der Waals surface area contributed by atoms with Gasteiger partial charge in [0.1, 0.15) is 15.6 Å². The molecule has 0 bridgehead atoms. The van der Waals surface area contributed by atoms with Crippen LogP contribution < -0.4 is 4.74 Å². The van der Waals surface area contributed by atoms with Gasteiger partial charge in [-0.2, -0.15) is 0 Å². The van der Waals surface area contributed by atoms with Crippen LogP contribution in [0.4, 0.5) is 0 Å². The van der Waals surface area contributed by atoms with E-state index in [0.29, 0.717) is 15.8 Å². The molecule has 1 aromatic rings. The molecule has 1 fully saturated rings. The van der Waals surface area contributed by atoms with Crippen molar-refractivity contribution in [1.82, 2.24) is 4.98 Å². The second kappa shape index (κ2) is 5.49. The van der Waals surface area contributed by atoms with Gasteiger partial charge in [0.15, 0.2) is 5.75 Å². The lowest BCUT2D eigenvalue weighted by Gasteiger charge is -2.47. The van der Waals surface area contributed by atoms with Crippen molar-refractivity contribution in [2.24, 2.45) is 5.41 Å². The van der Waals surface area contributed by atoms with Crippen LogP contribution in [-0.2, 0) is 0 Å². The zero-order valence-electron chi connectivity index (χ0n) is 11.8. The average Bonchev–Trinajstić information content (AvgIpc) is 2.34. The number of halogens is 2. The molecule has 0 N–H and O–H groups in total. The molecule has 0 saturated heterocycles. The summed E-state index contributed by atoms with van der Waals surface area (Å²) in [5.41, 5.74) is -0.150. The minimum atomic E-state index is -0.195. The molecule has 2 nitrogen and oxygen atoms in total. The first kappa shape index (κ1) is 14.9. The lowest BCUT2D eigenvalue weighted by molar-refractivity contribution is -0.0614. The molecule has 0 aliphatic heterocycles. The highest BCUT2D eigenvalue weighted by molar-refractivity contribution is 6.36. The van der Waals surface area contributed by atoms with Crippen molar-refractivity contribution in [2.75, 3.05) is 0 Å². The molecule has 1 aromatic heterocycles. The Kier molecular flexibility index (Phi) is 4.32. The lowest BCUT2D eigenvalue weighted by Crippen LogP contribution is -2.49. The van der Waals surface area contributed by atoms with Crippen LogP contribution in [0.5, 0.6) is 5.75 Å². The lowest BCUT2D eigenvalue weighted by atomic mass is 9.68. The number of pyridine rings is 1. The zero-order chi connectivity index (χ0) is 14.1. The number of hydrogen-bond acceptors (Lipinski definition) is 2. The SMILES string of the molecule is CC(C)(C)C1(Oc2c(Cl)cncc2Cl)CCCCC1. The number of nitrogens with zero attached hydrogens (tertiary/aromatic N) is 1. The summed E-state index contributed by atoms with van der Waals surface area (Å²) in [5.74, 6) is 0.579. The highest BCUT2D eigenvalue weighted by Gasteiger charge is 2.45. The van der Waals surface area contributed by atoms with Gasteiger partial charge in [0.2, 0.25) is 0 Å². The summed E-state index contributed by atoms with van der Waals surface area (Å²) in [7, 11) is 0. The Labute approximate surface area is 125 Å². The molecule has 1 aliphatic carbocycles. The Morgan fingerprint density at radius 2 is 1.58 bits per heavy atom. The maximum absolute atomic E-state index is 6.37. The first-order valence-electron chi connectivity index (χ1n) is 6.84. The largest absolute Gasteiger partial charge is 0.483 e. The topological polar surface area (TPSA) is 22.1 Å². The van der Waals surface area contributed by atoms with Gasteiger partial charge in [-0.25, -0.2) is 0 Å². The van der Waals surface area contributed by atoms with Gasteiger partial charge in [-0.05, 0) is 25.7 Å². The molecular formula is C15H21Cl2NO. The van der Waals surface area contributed by atoms with Crippen molar-refractivity contribution >= 4 is 23.2 Å². The van der Waals surface area contributed by atoms with Crippen molar-refractivity contribution in [2.45, 2.75) is 58.5 Å². The first-order valence-corrected chi connectivity index (χ1v) is 7.59. The van der Waals surface area contributed by atoms with E-state index in [4.69, 9.17) is 27.9 Å². The molecule has 0 spiro atoms. The summed E-state index contributed by atoms with van der Waals surface area (Å²) in [6.07, 6.45) is 8.93. The van der Waals surface area contributed by atoms with Crippen LogP contribution in [0, 0.1) is 5.41 Å². The van der Waals surface area contributed by atoms with Crippen LogP contribution in [0.25, 0.3) is 0 Å². The molecule has 0 atom stereocenters. The second-order valence-corrected chi connectivity index (χ2v) is 7.15. The second-order valence-electron chi connectivity index (χ2n) is 6.34. The van der Waals surface area contributed by atoms with Crippen LogP contribution in [0.2, 0.25) is 10.0 Å². The Morgan fingerprint density at radius 1 is 1.05 bits per heavy atom. The molecule has 19 heavy (non-hydrogen) atoms. The van der Waals surface area contributed by atoms with Crippen molar-refractivity contribution in [3.05, 3.63) is 22.4 Å². The maximum Gasteiger partial charge on any atom is 0.160 e. The van der Waals surface area contributed by atoms with Crippen molar-refractivity contribution < 1.29 is 4.74 Å². The van der Waals surface area contributed by atoms with Crippen LogP contribution in [0.3, 0.4) is 0 Å². The Bertz CT molecular complexity index is 428. The fourth-order valence-corrected chi connectivity index (χ4v) is 3.26. The van der Waals surface area contributed by atoms with Crippen LogP contribution in [0.15, 0.2) is 12.4 Å². The molecule has 0 radical (unpaired) electrons. The number of rotatable bonds is 2. The van der Waals surface area contributed by atoms with Gasteiger partial charge in [0.05, 0.1) is 0 Å². The van der Waals surface area contributed by atoms with Gasteiger partial charge >= 0.3 is 0 Å². The van der Waals surface area contributed by atoms with E-state index in [1.165, 1.54) is 19.3 Å². The molecule has 0 amide bonds. The predicted molar refractivity (Wildman–Crippen MR) is 80.2 cm³/mol. The summed E-state index contributed by atoms with van der Waals surface area (Å²) in [6, 6.07) is 0. The molecule has 1 aliphatic rings. The van der Waals surface area contributed by atoms with Crippen LogP contribution in [-0.4, -0.2) is 10.6 Å². The van der Waals surface area contributed by atoms with Gasteiger partial charge in [-0.3, -0.25) is 4.98 Å². The number of hydrogen-bond donors (Lipinski definition) is 0. The van der Waals surface area contributed by atoms with Crippen molar-refractivity contribution in [3.8, 4) is 5.75 Å². The minimum Gasteiger partial charge on any atom is -0.483 e. The van der Waals surface area contributed by atoms with E-state index in [0.717, 1.165) is 12.8 Å². The third-order valence-electron chi connectivity index (χ3n) is 4.14. The normalized spacial score (nSPS) is 19.2. The highest BCUT2D eigenvalue weighted by atomic mass is 35.5. The summed E-state index contributed by atoms with van der Waals surface area (Å²) in [5, 5.41) is 0.975. The van der Waals surface area contributed by atoms with Crippen LogP contribution >= 0.6 is 23.2 Å². The molecule has 0 unspecified atom stereocenters. The Hall–Kier alpha value is -0.470. The Morgan fingerprint density at radius 3 is 2.05 bits per heavy atom. The van der Waals surface area contributed by atoms with Gasteiger partial charge in [-0.1, -0.05) is 50.4 Å². The van der Waals surface area contributed by atoms with Crippen molar-refractivity contribution in [3.63, 3.8) is 0 Å². The van der Waals surface area contributed by atoms with E-state index < -0.39 is 0 Å². The number of ether oxygens (including phenoxy) is 1. The van der Waals surface area contributed by atoms with Gasteiger partial charge in [0.25, 0.3) is 0 Å². The minimum absolute atomic E-state index is 0.0450. The standard InChI is InChI=1S/C15H21Cl2NO/c1-14(2,3)15(7-5-4-6-8-15)19-13-11(16)9-18-10-12(13)17/h9-10H,4-8H2,1-3H3. The van der Waals surface area contributed by atoms with E-state index in [2.05, 4.69) is 25.8 Å². The molecule has 1 saturated carbocycles. The monoisotopic (exact) mass is 301 g/mol. The van der Waals surface area contributed by atoms with Crippen LogP contribution in [0.1, 0.15) is 52.9 Å². The molecule has 0 aromatic carbocycles. The molecule has 106 valence electrons. The molecular weight excluding hydrogens is 281 g/mol. The summed E-state index contributed by atoms with van der Waals surface area (Å²) in [4.78, 5) is 3.98. The highest BCUT2D eigenvalue weighted by Crippen LogP contribution is 2.47. The van der Waals surface area contributed by atoms with E-state index in [1.807, 2.05) is 0 Å². The maximum atomic E-state index is 6.37. The smallest absolute Gasteiger partial charge is 0.160 e. The fourth-order valence-electron chi connectivity index (χ4n) is 2.82. The van der Waals surface area contributed by atoms with Gasteiger partial charge in [0, 0.05) is 17.8 Å². The quantitative estimate of drug-likeness (QED) is 0.718. The van der Waals surface area contributed by atoms with E-state index in [9.17, 15) is 0 Å². The summed E-state index contributed by atoms with van der Waals surface area (Å²) < 4.78 is 6.37. The summed E-state index contributed by atoms with van der Waals surface area (Å²) >= 11 is 12.4. The number of aromatic nitrogens is 1. The van der Waals surface area contributed by atoms with E-state index in [1.54, 1.807) is 12.4 Å². The van der Waals surface area contributed by atoms with E-state index >= 15 is 0 Å². The zero-order valence-corrected chi connectivity index (χ0v) is 13.3.